The van der Waals surface area contributed by atoms with Gasteiger partial charge in [0, 0.05) is 31.1 Å². The minimum atomic E-state index is 0.379. The third-order valence-corrected chi connectivity index (χ3v) is 5.78. The summed E-state index contributed by atoms with van der Waals surface area (Å²) in [5.74, 6) is 0. The molecule has 1 aliphatic heterocycles. The Kier molecular flexibility index (Phi) is 4.79. The standard InChI is InChI=1S/C17H21BrN2S/c1-12-3-4-14(13(2)11-12)17(15-5-6-16(18)21-15)20-9-7-19-8-10-20/h3-6,11,17,19H,7-10H2,1-2H3. The molecule has 0 aliphatic carbocycles. The maximum absolute atomic E-state index is 3.61. The van der Waals surface area contributed by atoms with Gasteiger partial charge >= 0.3 is 0 Å². The molecule has 21 heavy (non-hydrogen) atoms. The Hall–Kier alpha value is -0.680. The van der Waals surface area contributed by atoms with Crippen molar-refractivity contribution in [1.29, 1.82) is 0 Å². The van der Waals surface area contributed by atoms with Crippen molar-refractivity contribution in [3.05, 3.63) is 55.7 Å². The van der Waals surface area contributed by atoms with Crippen LogP contribution in [0, 0.1) is 13.8 Å². The van der Waals surface area contributed by atoms with Gasteiger partial charge < -0.3 is 5.32 Å². The molecule has 1 aromatic carbocycles. The summed E-state index contributed by atoms with van der Waals surface area (Å²) in [6, 6.07) is 11.7. The van der Waals surface area contributed by atoms with Gasteiger partial charge in [-0.15, -0.1) is 11.3 Å². The molecule has 0 bridgehead atoms. The van der Waals surface area contributed by atoms with E-state index in [0.717, 1.165) is 26.2 Å². The van der Waals surface area contributed by atoms with Crippen LogP contribution >= 0.6 is 27.3 Å². The first-order chi connectivity index (χ1) is 10.1. The molecule has 2 aromatic rings. The van der Waals surface area contributed by atoms with Crippen LogP contribution in [-0.4, -0.2) is 31.1 Å². The number of nitrogens with one attached hydrogen (secondary N) is 1. The van der Waals surface area contributed by atoms with Crippen LogP contribution in [0.25, 0.3) is 0 Å². The second-order valence-electron chi connectivity index (χ2n) is 5.69. The van der Waals surface area contributed by atoms with E-state index in [4.69, 9.17) is 0 Å². The lowest BCUT2D eigenvalue weighted by molar-refractivity contribution is 0.200. The highest BCUT2D eigenvalue weighted by atomic mass is 79.9. The van der Waals surface area contributed by atoms with E-state index < -0.39 is 0 Å². The Morgan fingerprint density at radius 3 is 2.52 bits per heavy atom. The summed E-state index contributed by atoms with van der Waals surface area (Å²) in [4.78, 5) is 4.03. The molecule has 1 aromatic heterocycles. The fraction of sp³-hybridized carbons (Fsp3) is 0.412. The molecule has 1 fully saturated rings. The van der Waals surface area contributed by atoms with Crippen molar-refractivity contribution in [2.75, 3.05) is 26.2 Å². The summed E-state index contributed by atoms with van der Waals surface area (Å²) < 4.78 is 1.21. The molecule has 112 valence electrons. The van der Waals surface area contributed by atoms with Crippen LogP contribution in [0.15, 0.2) is 34.1 Å². The number of aryl methyl sites for hydroxylation is 2. The molecular formula is C17H21BrN2S. The first-order valence-corrected chi connectivity index (χ1v) is 9.03. The first kappa shape index (κ1) is 15.2. The van der Waals surface area contributed by atoms with Gasteiger partial charge in [-0.05, 0) is 53.0 Å². The highest BCUT2D eigenvalue weighted by Crippen LogP contribution is 2.37. The molecular weight excluding hydrogens is 344 g/mol. The Bertz CT molecular complexity index is 617. The number of halogens is 1. The van der Waals surface area contributed by atoms with Crippen LogP contribution < -0.4 is 5.32 Å². The van der Waals surface area contributed by atoms with Gasteiger partial charge in [0.2, 0.25) is 0 Å². The van der Waals surface area contributed by atoms with Gasteiger partial charge in [-0.1, -0.05) is 23.8 Å². The summed E-state index contributed by atoms with van der Waals surface area (Å²) >= 11 is 5.47. The van der Waals surface area contributed by atoms with Crippen LogP contribution in [0.1, 0.15) is 27.6 Å². The average molecular weight is 365 g/mol. The van der Waals surface area contributed by atoms with Gasteiger partial charge in [0.05, 0.1) is 9.83 Å². The quantitative estimate of drug-likeness (QED) is 0.880. The molecule has 2 heterocycles. The van der Waals surface area contributed by atoms with Crippen molar-refractivity contribution in [1.82, 2.24) is 10.2 Å². The van der Waals surface area contributed by atoms with Gasteiger partial charge in [-0.3, -0.25) is 4.90 Å². The molecule has 4 heteroatoms. The molecule has 1 unspecified atom stereocenters. The fourth-order valence-corrected chi connectivity index (χ4v) is 4.66. The summed E-state index contributed by atoms with van der Waals surface area (Å²) in [6.45, 7) is 8.77. The predicted molar refractivity (Wildman–Crippen MR) is 94.2 cm³/mol. The van der Waals surface area contributed by atoms with Crippen molar-refractivity contribution >= 4 is 27.3 Å². The smallest absolute Gasteiger partial charge is 0.0702 e. The first-order valence-electron chi connectivity index (χ1n) is 7.42. The van der Waals surface area contributed by atoms with E-state index in [-0.39, 0.29) is 0 Å². The zero-order valence-corrected chi connectivity index (χ0v) is 14.9. The van der Waals surface area contributed by atoms with E-state index in [9.17, 15) is 0 Å². The molecule has 1 saturated heterocycles. The minimum absolute atomic E-state index is 0.379. The van der Waals surface area contributed by atoms with E-state index in [1.54, 1.807) is 0 Å². The third-order valence-electron chi connectivity index (χ3n) is 4.10. The maximum Gasteiger partial charge on any atom is 0.0702 e. The van der Waals surface area contributed by atoms with Gasteiger partial charge in [0.25, 0.3) is 0 Å². The van der Waals surface area contributed by atoms with E-state index >= 15 is 0 Å². The van der Waals surface area contributed by atoms with Crippen molar-refractivity contribution in [2.45, 2.75) is 19.9 Å². The lowest BCUT2D eigenvalue weighted by Gasteiger charge is -2.35. The van der Waals surface area contributed by atoms with Crippen molar-refractivity contribution < 1.29 is 0 Å². The summed E-state index contributed by atoms with van der Waals surface area (Å²) in [6.07, 6.45) is 0. The third kappa shape index (κ3) is 3.39. The monoisotopic (exact) mass is 364 g/mol. The highest BCUT2D eigenvalue weighted by Gasteiger charge is 2.26. The van der Waals surface area contributed by atoms with E-state index in [2.05, 4.69) is 70.3 Å². The Balaban J connectivity index is 2.02. The molecule has 0 radical (unpaired) electrons. The van der Waals surface area contributed by atoms with E-state index in [1.165, 1.54) is 25.4 Å². The Morgan fingerprint density at radius 2 is 1.90 bits per heavy atom. The number of piperazine rings is 1. The van der Waals surface area contributed by atoms with Crippen LogP contribution in [0.3, 0.4) is 0 Å². The number of rotatable bonds is 3. The molecule has 2 nitrogen and oxygen atoms in total. The van der Waals surface area contributed by atoms with Gasteiger partial charge in [0.15, 0.2) is 0 Å². The summed E-state index contributed by atoms with van der Waals surface area (Å²) in [7, 11) is 0. The van der Waals surface area contributed by atoms with Crippen LogP contribution in [0.4, 0.5) is 0 Å². The SMILES string of the molecule is Cc1ccc(C(c2ccc(Br)s2)N2CCNCC2)c(C)c1. The number of hydrogen-bond donors (Lipinski definition) is 1. The van der Waals surface area contributed by atoms with Gasteiger partial charge in [0.1, 0.15) is 0 Å². The number of benzene rings is 1. The van der Waals surface area contributed by atoms with Gasteiger partial charge in [-0.2, -0.15) is 0 Å². The molecule has 0 amide bonds. The minimum Gasteiger partial charge on any atom is -0.314 e. The van der Waals surface area contributed by atoms with Crippen molar-refractivity contribution in [2.24, 2.45) is 0 Å². The normalized spacial score (nSPS) is 17.9. The van der Waals surface area contributed by atoms with E-state index in [0.29, 0.717) is 6.04 Å². The van der Waals surface area contributed by atoms with Crippen LogP contribution in [-0.2, 0) is 0 Å². The second kappa shape index (κ2) is 6.61. The zero-order chi connectivity index (χ0) is 14.8. The summed E-state index contributed by atoms with van der Waals surface area (Å²) in [5.41, 5.74) is 4.17. The maximum atomic E-state index is 3.61. The summed E-state index contributed by atoms with van der Waals surface area (Å²) in [5, 5.41) is 3.45. The number of thiophene rings is 1. The predicted octanol–water partition coefficient (Wildman–Crippen LogP) is 4.12. The lowest BCUT2D eigenvalue weighted by atomic mass is 9.96. The molecule has 0 spiro atoms. The average Bonchev–Trinajstić information content (AvgIpc) is 2.89. The van der Waals surface area contributed by atoms with Gasteiger partial charge in [-0.25, -0.2) is 0 Å². The second-order valence-corrected chi connectivity index (χ2v) is 8.19. The fourth-order valence-electron chi connectivity index (χ4n) is 3.08. The Morgan fingerprint density at radius 1 is 1.14 bits per heavy atom. The van der Waals surface area contributed by atoms with E-state index in [1.807, 2.05) is 11.3 Å². The van der Waals surface area contributed by atoms with Crippen LogP contribution in [0.2, 0.25) is 0 Å². The number of nitrogens with zero attached hydrogens (tertiary/aromatic N) is 1. The van der Waals surface area contributed by atoms with Crippen LogP contribution in [0.5, 0.6) is 0 Å². The molecule has 1 N–H and O–H groups in total. The zero-order valence-electron chi connectivity index (χ0n) is 12.5. The highest BCUT2D eigenvalue weighted by molar-refractivity contribution is 9.11. The lowest BCUT2D eigenvalue weighted by Crippen LogP contribution is -2.45. The number of hydrogen-bond acceptors (Lipinski definition) is 3. The van der Waals surface area contributed by atoms with Crippen molar-refractivity contribution in [3.63, 3.8) is 0 Å². The van der Waals surface area contributed by atoms with Crippen molar-refractivity contribution in [3.8, 4) is 0 Å². The topological polar surface area (TPSA) is 15.3 Å². The molecule has 0 saturated carbocycles. The molecule has 3 rings (SSSR count). The molecule has 1 aliphatic rings. The Labute approximate surface area is 139 Å². The molecule has 1 atom stereocenters. The largest absolute Gasteiger partial charge is 0.314 e.